The van der Waals surface area contributed by atoms with E-state index < -0.39 is 0 Å². The monoisotopic (exact) mass is 217 g/mol. The average molecular weight is 217 g/mol. The van der Waals surface area contributed by atoms with Crippen molar-refractivity contribution in [2.45, 2.75) is 34.6 Å². The zero-order valence-corrected chi connectivity index (χ0v) is 11.0. The first-order valence-corrected chi connectivity index (χ1v) is 6.41. The van der Waals surface area contributed by atoms with E-state index in [1.165, 1.54) is 5.70 Å². The number of allylic oxidation sites excluding steroid dienone is 4. The maximum atomic E-state index is 3.38. The molecule has 0 saturated heterocycles. The molecule has 0 radical (unpaired) electrons. The second kappa shape index (κ2) is 4.12. The van der Waals surface area contributed by atoms with E-state index in [4.69, 9.17) is 0 Å². The minimum atomic E-state index is 0.583. The molecule has 0 aromatic heterocycles. The Morgan fingerprint density at radius 1 is 1.12 bits per heavy atom. The van der Waals surface area contributed by atoms with Crippen LogP contribution in [-0.4, -0.2) is 0 Å². The van der Waals surface area contributed by atoms with Gasteiger partial charge in [0, 0.05) is 11.6 Å². The first-order valence-electron chi connectivity index (χ1n) is 6.41. The van der Waals surface area contributed by atoms with E-state index in [2.05, 4.69) is 58.3 Å². The maximum absolute atomic E-state index is 3.38. The zero-order chi connectivity index (χ0) is 11.9. The Kier molecular flexibility index (Phi) is 2.96. The number of hydrogen-bond acceptors (Lipinski definition) is 1. The lowest BCUT2D eigenvalue weighted by molar-refractivity contribution is 0.473. The molecule has 1 heterocycles. The first kappa shape index (κ1) is 11.5. The van der Waals surface area contributed by atoms with Crippen LogP contribution in [0.3, 0.4) is 0 Å². The van der Waals surface area contributed by atoms with Crippen molar-refractivity contribution in [3.05, 3.63) is 35.2 Å². The van der Waals surface area contributed by atoms with Crippen molar-refractivity contribution in [3.63, 3.8) is 0 Å². The van der Waals surface area contributed by atoms with Crippen LogP contribution in [0.4, 0.5) is 0 Å². The molecule has 1 aliphatic heterocycles. The van der Waals surface area contributed by atoms with Gasteiger partial charge in [-0.05, 0) is 35.6 Å². The van der Waals surface area contributed by atoms with Gasteiger partial charge in [-0.2, -0.15) is 0 Å². The summed E-state index contributed by atoms with van der Waals surface area (Å²) in [5, 5.41) is 3.38. The van der Waals surface area contributed by atoms with Crippen LogP contribution < -0.4 is 5.32 Å². The molecule has 1 heteroatoms. The van der Waals surface area contributed by atoms with Gasteiger partial charge in [0.2, 0.25) is 0 Å². The van der Waals surface area contributed by atoms with Crippen LogP contribution in [0.1, 0.15) is 34.6 Å². The van der Waals surface area contributed by atoms with Crippen molar-refractivity contribution >= 4 is 0 Å². The number of nitrogens with one attached hydrogen (secondary N) is 1. The van der Waals surface area contributed by atoms with Crippen LogP contribution in [0, 0.1) is 23.7 Å². The molecule has 1 aliphatic carbocycles. The van der Waals surface area contributed by atoms with E-state index in [1.54, 1.807) is 11.1 Å². The van der Waals surface area contributed by atoms with Crippen molar-refractivity contribution < 1.29 is 0 Å². The van der Waals surface area contributed by atoms with Gasteiger partial charge in [-0.1, -0.05) is 46.3 Å². The Morgan fingerprint density at radius 3 is 2.38 bits per heavy atom. The van der Waals surface area contributed by atoms with Crippen LogP contribution in [0.25, 0.3) is 0 Å². The van der Waals surface area contributed by atoms with Crippen molar-refractivity contribution in [1.82, 2.24) is 5.32 Å². The van der Waals surface area contributed by atoms with Crippen LogP contribution in [-0.2, 0) is 0 Å². The fraction of sp³-hybridized carbons (Fsp3) is 0.600. The first-order chi connectivity index (χ1) is 7.52. The third kappa shape index (κ3) is 1.73. The molecule has 16 heavy (non-hydrogen) atoms. The Bertz CT molecular complexity index is 369. The van der Waals surface area contributed by atoms with E-state index in [1.807, 2.05) is 0 Å². The van der Waals surface area contributed by atoms with Gasteiger partial charge >= 0.3 is 0 Å². The van der Waals surface area contributed by atoms with Crippen molar-refractivity contribution in [2.75, 3.05) is 0 Å². The molecule has 2 unspecified atom stereocenters. The van der Waals surface area contributed by atoms with Gasteiger partial charge in [-0.15, -0.1) is 0 Å². The Balaban J connectivity index is 2.47. The molecule has 0 saturated carbocycles. The highest BCUT2D eigenvalue weighted by Gasteiger charge is 2.32. The third-order valence-corrected chi connectivity index (χ3v) is 3.83. The molecule has 2 atom stereocenters. The summed E-state index contributed by atoms with van der Waals surface area (Å²) in [7, 11) is 0. The second-order valence-corrected chi connectivity index (χ2v) is 5.64. The minimum Gasteiger partial charge on any atom is -0.365 e. The van der Waals surface area contributed by atoms with Gasteiger partial charge in [0.15, 0.2) is 0 Å². The molecule has 1 N–H and O–H groups in total. The Hall–Kier alpha value is -0.980. The topological polar surface area (TPSA) is 12.0 Å². The molecule has 0 aromatic carbocycles. The molecule has 0 spiro atoms. The van der Waals surface area contributed by atoms with Gasteiger partial charge in [0.1, 0.15) is 0 Å². The number of rotatable bonds is 2. The molecule has 0 aromatic rings. The minimum absolute atomic E-state index is 0.583. The van der Waals surface area contributed by atoms with Crippen molar-refractivity contribution in [2.24, 2.45) is 23.7 Å². The highest BCUT2D eigenvalue weighted by molar-refractivity contribution is 5.42. The predicted molar refractivity (Wildman–Crippen MR) is 69.7 cm³/mol. The fourth-order valence-electron chi connectivity index (χ4n) is 3.09. The SMILES string of the molecule is CC(C)C1=C(C(C)C)C(C)C2C=CNC2=C1. The molecule has 2 rings (SSSR count). The van der Waals surface area contributed by atoms with E-state index in [9.17, 15) is 0 Å². The Morgan fingerprint density at radius 2 is 1.81 bits per heavy atom. The molecule has 2 aliphatic rings. The number of hydrogen-bond donors (Lipinski definition) is 1. The summed E-state index contributed by atoms with van der Waals surface area (Å²) in [6, 6.07) is 0. The quantitative estimate of drug-likeness (QED) is 0.740. The van der Waals surface area contributed by atoms with Gasteiger partial charge in [0.25, 0.3) is 0 Å². The summed E-state index contributed by atoms with van der Waals surface area (Å²) < 4.78 is 0. The van der Waals surface area contributed by atoms with Gasteiger partial charge in [0.05, 0.1) is 0 Å². The van der Waals surface area contributed by atoms with Gasteiger partial charge < -0.3 is 5.32 Å². The molecule has 88 valence electrons. The summed E-state index contributed by atoms with van der Waals surface area (Å²) in [4.78, 5) is 0. The maximum Gasteiger partial charge on any atom is 0.0250 e. The lowest BCUT2D eigenvalue weighted by Gasteiger charge is -2.33. The van der Waals surface area contributed by atoms with Gasteiger partial charge in [-0.25, -0.2) is 0 Å². The molecule has 1 nitrogen and oxygen atoms in total. The van der Waals surface area contributed by atoms with Crippen molar-refractivity contribution in [1.29, 1.82) is 0 Å². The largest absolute Gasteiger partial charge is 0.365 e. The summed E-state index contributed by atoms with van der Waals surface area (Å²) in [6.07, 6.45) is 6.77. The highest BCUT2D eigenvalue weighted by Crippen LogP contribution is 2.41. The summed E-state index contributed by atoms with van der Waals surface area (Å²) in [5.41, 5.74) is 4.59. The van der Waals surface area contributed by atoms with Crippen LogP contribution >= 0.6 is 0 Å². The molecular weight excluding hydrogens is 194 g/mol. The van der Waals surface area contributed by atoms with Crippen LogP contribution in [0.2, 0.25) is 0 Å². The van der Waals surface area contributed by atoms with Crippen LogP contribution in [0.5, 0.6) is 0 Å². The third-order valence-electron chi connectivity index (χ3n) is 3.83. The normalized spacial score (nSPS) is 28.6. The van der Waals surface area contributed by atoms with Gasteiger partial charge in [-0.3, -0.25) is 0 Å². The standard InChI is InChI=1S/C15H23N/c1-9(2)13-8-14-12(6-7-16-14)11(5)15(13)10(3)4/h6-12,16H,1-5H3. The molecule has 0 bridgehead atoms. The lowest BCUT2D eigenvalue weighted by atomic mass is 9.73. The fourth-order valence-corrected chi connectivity index (χ4v) is 3.09. The molecular formula is C15H23N. The molecule has 0 amide bonds. The molecule has 0 fully saturated rings. The Labute approximate surface area is 99.3 Å². The highest BCUT2D eigenvalue weighted by atomic mass is 14.9. The summed E-state index contributed by atoms with van der Waals surface area (Å²) in [5.74, 6) is 2.50. The van der Waals surface area contributed by atoms with E-state index in [-0.39, 0.29) is 0 Å². The number of fused-ring (bicyclic) bond motifs is 1. The second-order valence-electron chi connectivity index (χ2n) is 5.64. The average Bonchev–Trinajstić information content (AvgIpc) is 2.64. The van der Waals surface area contributed by atoms with Crippen molar-refractivity contribution in [3.8, 4) is 0 Å². The zero-order valence-electron chi connectivity index (χ0n) is 11.0. The van der Waals surface area contributed by atoms with Crippen LogP contribution in [0.15, 0.2) is 35.2 Å². The predicted octanol–water partition coefficient (Wildman–Crippen LogP) is 3.86. The van der Waals surface area contributed by atoms with E-state index in [0.717, 1.165) is 0 Å². The van der Waals surface area contributed by atoms with E-state index in [0.29, 0.717) is 23.7 Å². The summed E-state index contributed by atoms with van der Waals surface area (Å²) >= 11 is 0. The van der Waals surface area contributed by atoms with E-state index >= 15 is 0 Å². The smallest absolute Gasteiger partial charge is 0.0250 e. The summed E-state index contributed by atoms with van der Waals surface area (Å²) in [6.45, 7) is 11.6. The lowest BCUT2D eigenvalue weighted by Crippen LogP contribution is -2.25.